The van der Waals surface area contributed by atoms with Gasteiger partial charge in [0.05, 0.1) is 12.3 Å². The Morgan fingerprint density at radius 1 is 1.20 bits per heavy atom. The minimum atomic E-state index is -1.19. The Morgan fingerprint density at radius 2 is 2.00 bits per heavy atom. The van der Waals surface area contributed by atoms with Crippen molar-refractivity contribution < 1.29 is 14.6 Å². The number of carboxylic acid groups (broad SMARTS) is 1. The summed E-state index contributed by atoms with van der Waals surface area (Å²) < 4.78 is 7.80. The highest BCUT2D eigenvalue weighted by Crippen LogP contribution is 2.44. The van der Waals surface area contributed by atoms with E-state index in [0.29, 0.717) is 13.2 Å². The van der Waals surface area contributed by atoms with E-state index in [2.05, 4.69) is 18.8 Å². The van der Waals surface area contributed by atoms with E-state index in [1.165, 1.54) is 29.8 Å². The fourth-order valence-corrected chi connectivity index (χ4v) is 4.08. The largest absolute Gasteiger partial charge is 0.492 e. The van der Waals surface area contributed by atoms with E-state index in [4.69, 9.17) is 4.74 Å². The molecule has 0 aliphatic carbocycles. The number of pyridine rings is 2. The molecule has 6 nitrogen and oxygen atoms in total. The molecule has 0 spiro atoms. The Morgan fingerprint density at radius 3 is 2.70 bits per heavy atom. The van der Waals surface area contributed by atoms with Crippen molar-refractivity contribution in [3.63, 3.8) is 0 Å². The maximum absolute atomic E-state index is 12.3. The van der Waals surface area contributed by atoms with Gasteiger partial charge >= 0.3 is 5.97 Å². The molecule has 0 saturated heterocycles. The number of hydrogen-bond acceptors (Lipinski definition) is 4. The fraction of sp³-hybridized carbons (Fsp3) is 0.292. The lowest BCUT2D eigenvalue weighted by Gasteiger charge is -2.25. The zero-order valence-electron chi connectivity index (χ0n) is 17.1. The van der Waals surface area contributed by atoms with Crippen molar-refractivity contribution in [3.05, 3.63) is 69.8 Å². The van der Waals surface area contributed by atoms with E-state index in [1.807, 2.05) is 22.8 Å². The van der Waals surface area contributed by atoms with E-state index >= 15 is 0 Å². The third-order valence-corrected chi connectivity index (χ3v) is 5.30. The van der Waals surface area contributed by atoms with Gasteiger partial charge in [-0.05, 0) is 24.1 Å². The van der Waals surface area contributed by atoms with Crippen LogP contribution in [0.1, 0.15) is 41.8 Å². The first kappa shape index (κ1) is 19.9. The number of aromatic carboxylic acids is 1. The van der Waals surface area contributed by atoms with Gasteiger partial charge in [0.25, 0.3) is 0 Å². The molecule has 30 heavy (non-hydrogen) atoms. The molecule has 0 bridgehead atoms. The minimum Gasteiger partial charge on any atom is -0.492 e. The maximum Gasteiger partial charge on any atom is 0.341 e. The summed E-state index contributed by atoms with van der Waals surface area (Å²) in [5.74, 6) is -0.292. The van der Waals surface area contributed by atoms with Gasteiger partial charge in [0.1, 0.15) is 11.3 Å². The van der Waals surface area contributed by atoms with Crippen LogP contribution in [-0.2, 0) is 19.4 Å². The highest BCUT2D eigenvalue weighted by Gasteiger charge is 2.28. The third-order valence-electron chi connectivity index (χ3n) is 5.30. The van der Waals surface area contributed by atoms with Gasteiger partial charge in [0.15, 0.2) is 5.43 Å². The number of rotatable bonds is 2. The van der Waals surface area contributed by atoms with Crippen LogP contribution in [-0.4, -0.2) is 27.2 Å². The number of carboxylic acids is 1. The Hall–Kier alpha value is -3.41. The van der Waals surface area contributed by atoms with Gasteiger partial charge in [-0.2, -0.15) is 0 Å². The summed E-state index contributed by atoms with van der Waals surface area (Å²) in [4.78, 5) is 27.8. The van der Waals surface area contributed by atoms with Crippen LogP contribution in [0, 0.1) is 0 Å². The lowest BCUT2D eigenvalue weighted by Crippen LogP contribution is -2.22. The lowest BCUT2D eigenvalue weighted by atomic mass is 9.87. The molecule has 1 N–H and O–H groups in total. The summed E-state index contributed by atoms with van der Waals surface area (Å²) >= 11 is 0. The number of aromatic nitrogens is 2. The molecule has 4 heterocycles. The maximum atomic E-state index is 12.3. The van der Waals surface area contributed by atoms with Crippen LogP contribution in [0.15, 0.2) is 47.7 Å². The summed E-state index contributed by atoms with van der Waals surface area (Å²) in [5.41, 5.74) is 5.35. The summed E-state index contributed by atoms with van der Waals surface area (Å²) in [6.07, 6.45) is 7.85. The first-order valence-electron chi connectivity index (χ1n) is 10.2. The topological polar surface area (TPSA) is 81.4 Å². The van der Waals surface area contributed by atoms with Crippen LogP contribution in [0.25, 0.3) is 22.4 Å². The van der Waals surface area contributed by atoms with E-state index in [-0.39, 0.29) is 5.56 Å². The van der Waals surface area contributed by atoms with Gasteiger partial charge in [-0.3, -0.25) is 9.78 Å². The van der Waals surface area contributed by atoms with Crippen molar-refractivity contribution in [1.82, 2.24) is 9.55 Å². The zero-order valence-corrected chi connectivity index (χ0v) is 17.1. The number of hydrogen-bond donors (Lipinski definition) is 1. The molecule has 5 rings (SSSR count). The molecule has 2 aliphatic heterocycles. The standard InChI is InChI=1S/C21H16N2O4.C3H8/c24-19-9-18-16-8-15(12-2-1-5-22-10-12)20-14(4-7-27-20)13(16)3-6-23(18)11-17(19)21(25)26;1-3-2/h1-2,5,8-11H,3-4,6-7H2,(H,25,26);3H2,1-2H3. The van der Waals surface area contributed by atoms with Crippen molar-refractivity contribution in [2.24, 2.45) is 0 Å². The van der Waals surface area contributed by atoms with Crippen LogP contribution < -0.4 is 10.2 Å². The SMILES string of the molecule is CCC.O=C(O)c1cn2c(cc1=O)-c1cc(-c3cccnc3)c3c(c1CC2)CCO3. The van der Waals surface area contributed by atoms with E-state index in [1.54, 1.807) is 12.4 Å². The van der Waals surface area contributed by atoms with Gasteiger partial charge in [-0.25, -0.2) is 4.79 Å². The Balaban J connectivity index is 0.000000687. The average molecular weight is 404 g/mol. The predicted octanol–water partition coefficient (Wildman–Crippen LogP) is 4.18. The number of ether oxygens (including phenoxy) is 1. The lowest BCUT2D eigenvalue weighted by molar-refractivity contribution is 0.0694. The van der Waals surface area contributed by atoms with Gasteiger partial charge in [0, 0.05) is 59.9 Å². The Labute approximate surface area is 174 Å². The van der Waals surface area contributed by atoms with Gasteiger partial charge in [-0.15, -0.1) is 0 Å². The first-order chi connectivity index (χ1) is 14.5. The summed E-state index contributed by atoms with van der Waals surface area (Å²) in [5, 5.41) is 9.25. The van der Waals surface area contributed by atoms with E-state index in [9.17, 15) is 14.7 Å². The molecule has 6 heteroatoms. The first-order valence-corrected chi connectivity index (χ1v) is 10.2. The molecule has 0 atom stereocenters. The van der Waals surface area contributed by atoms with Crippen molar-refractivity contribution in [3.8, 4) is 28.1 Å². The Bertz CT molecular complexity index is 1170. The molecule has 154 valence electrons. The molecule has 3 aromatic rings. The molecular weight excluding hydrogens is 380 g/mol. The number of fused-ring (bicyclic) bond motifs is 5. The second-order valence-electron chi connectivity index (χ2n) is 7.49. The second kappa shape index (κ2) is 8.14. The Kier molecular flexibility index (Phi) is 5.40. The number of carbonyl (C=O) groups is 1. The number of aryl methyl sites for hydroxylation is 1. The van der Waals surface area contributed by atoms with Crippen molar-refractivity contribution >= 4 is 5.97 Å². The molecule has 1 aromatic carbocycles. The molecule has 0 saturated carbocycles. The summed E-state index contributed by atoms with van der Waals surface area (Å²) in [6, 6.07) is 7.35. The van der Waals surface area contributed by atoms with Gasteiger partial charge < -0.3 is 14.4 Å². The highest BCUT2D eigenvalue weighted by atomic mass is 16.5. The zero-order chi connectivity index (χ0) is 21.3. The quantitative estimate of drug-likeness (QED) is 0.693. The molecule has 0 unspecified atom stereocenters. The van der Waals surface area contributed by atoms with E-state index in [0.717, 1.165) is 41.0 Å². The molecule has 0 radical (unpaired) electrons. The fourth-order valence-electron chi connectivity index (χ4n) is 4.08. The normalized spacial score (nSPS) is 13.3. The van der Waals surface area contributed by atoms with Gasteiger partial charge in [-0.1, -0.05) is 26.3 Å². The van der Waals surface area contributed by atoms with E-state index < -0.39 is 11.4 Å². The molecule has 2 aromatic heterocycles. The smallest absolute Gasteiger partial charge is 0.341 e. The molecule has 0 amide bonds. The predicted molar refractivity (Wildman–Crippen MR) is 115 cm³/mol. The van der Waals surface area contributed by atoms with Crippen molar-refractivity contribution in [2.45, 2.75) is 39.7 Å². The monoisotopic (exact) mass is 404 g/mol. The molecule has 2 aliphatic rings. The molecule has 0 fully saturated rings. The van der Waals surface area contributed by atoms with Gasteiger partial charge in [0.2, 0.25) is 0 Å². The highest BCUT2D eigenvalue weighted by molar-refractivity contribution is 5.88. The van der Waals surface area contributed by atoms with Crippen LogP contribution in [0.4, 0.5) is 0 Å². The van der Waals surface area contributed by atoms with Crippen molar-refractivity contribution in [1.29, 1.82) is 0 Å². The van der Waals surface area contributed by atoms with Crippen LogP contribution in [0.5, 0.6) is 5.75 Å². The summed E-state index contributed by atoms with van der Waals surface area (Å²) in [6.45, 7) is 5.53. The summed E-state index contributed by atoms with van der Waals surface area (Å²) in [7, 11) is 0. The van der Waals surface area contributed by atoms with Crippen molar-refractivity contribution in [2.75, 3.05) is 6.61 Å². The second-order valence-corrected chi connectivity index (χ2v) is 7.49. The number of nitrogens with zero attached hydrogens (tertiary/aromatic N) is 2. The third kappa shape index (κ3) is 3.38. The molecular formula is C24H24N2O4. The average Bonchev–Trinajstić information content (AvgIpc) is 3.23. The van der Waals surface area contributed by atoms with Crippen LogP contribution in [0.3, 0.4) is 0 Å². The number of benzene rings is 1. The van der Waals surface area contributed by atoms with Crippen LogP contribution in [0.2, 0.25) is 0 Å². The minimum absolute atomic E-state index is 0.195. The van der Waals surface area contributed by atoms with Crippen LogP contribution >= 0.6 is 0 Å².